The smallest absolute Gasteiger partial charge is 0.335 e. The summed E-state index contributed by atoms with van der Waals surface area (Å²) in [5, 5.41) is 15.5. The largest absolute Gasteiger partial charge is 0.478 e. The van der Waals surface area contributed by atoms with Crippen molar-refractivity contribution in [1.82, 2.24) is 9.78 Å². The number of carbonyl (C=O) groups excluding carboxylic acids is 1. The number of carboxylic acid groups (broad SMARTS) is 1. The first kappa shape index (κ1) is 15.7. The maximum Gasteiger partial charge on any atom is 0.335 e. The molecule has 0 fully saturated rings. The Morgan fingerprint density at radius 2 is 2.05 bits per heavy atom. The van der Waals surface area contributed by atoms with Gasteiger partial charge in [0.15, 0.2) is 0 Å². The number of hydrogen-bond acceptors (Lipinski definition) is 3. The molecular weight excluding hydrogens is 289 g/mol. The number of hydrogen-bond donors (Lipinski definition) is 2. The van der Waals surface area contributed by atoms with E-state index in [4.69, 9.17) is 5.11 Å². The van der Waals surface area contributed by atoms with E-state index in [1.54, 1.807) is 17.8 Å². The van der Waals surface area contributed by atoms with Gasteiger partial charge in [-0.05, 0) is 39.0 Å². The quantitative estimate of drug-likeness (QED) is 0.909. The second-order valence-electron chi connectivity index (χ2n) is 5.16. The average Bonchev–Trinajstić information content (AvgIpc) is 2.83. The zero-order chi connectivity index (χ0) is 16.4. The lowest BCUT2D eigenvalue weighted by atomic mass is 10.2. The Labute approximate surface area is 126 Å². The van der Waals surface area contributed by atoms with Crippen molar-refractivity contribution in [2.45, 2.75) is 26.8 Å². The van der Waals surface area contributed by atoms with E-state index >= 15 is 0 Å². The van der Waals surface area contributed by atoms with Gasteiger partial charge < -0.3 is 10.4 Å². The predicted molar refractivity (Wildman–Crippen MR) is 78.7 cm³/mol. The summed E-state index contributed by atoms with van der Waals surface area (Å²) < 4.78 is 15.3. The van der Waals surface area contributed by atoms with E-state index in [2.05, 4.69) is 10.4 Å². The Morgan fingerprint density at radius 1 is 1.36 bits per heavy atom. The molecule has 0 aliphatic carbocycles. The van der Waals surface area contributed by atoms with E-state index in [9.17, 15) is 14.0 Å². The van der Waals surface area contributed by atoms with Crippen molar-refractivity contribution >= 4 is 17.6 Å². The molecule has 0 unspecified atom stereocenters. The number of anilines is 1. The number of carbonyl (C=O) groups is 2. The molecule has 6 nitrogen and oxygen atoms in total. The monoisotopic (exact) mass is 305 g/mol. The molecule has 116 valence electrons. The fourth-order valence-electron chi connectivity index (χ4n) is 1.91. The number of aryl methyl sites for hydroxylation is 1. The van der Waals surface area contributed by atoms with Crippen molar-refractivity contribution in [1.29, 1.82) is 0 Å². The SMILES string of the molecule is Cc1nn(C(C)C)cc1C(=O)Nc1cc(C(=O)O)ccc1F. The predicted octanol–water partition coefficient (Wildman–Crippen LogP) is 2.86. The molecule has 0 saturated carbocycles. The highest BCUT2D eigenvalue weighted by atomic mass is 19.1. The fourth-order valence-corrected chi connectivity index (χ4v) is 1.91. The summed E-state index contributed by atoms with van der Waals surface area (Å²) >= 11 is 0. The second-order valence-corrected chi connectivity index (χ2v) is 5.16. The van der Waals surface area contributed by atoms with E-state index in [1.165, 1.54) is 0 Å². The first-order valence-electron chi connectivity index (χ1n) is 6.69. The fraction of sp³-hybridized carbons (Fsp3) is 0.267. The van der Waals surface area contributed by atoms with Gasteiger partial charge in [0.2, 0.25) is 0 Å². The average molecular weight is 305 g/mol. The highest BCUT2D eigenvalue weighted by Gasteiger charge is 2.17. The van der Waals surface area contributed by atoms with Crippen LogP contribution in [0, 0.1) is 12.7 Å². The van der Waals surface area contributed by atoms with Gasteiger partial charge >= 0.3 is 5.97 Å². The van der Waals surface area contributed by atoms with Crippen LogP contribution in [0.1, 0.15) is 46.3 Å². The lowest BCUT2D eigenvalue weighted by molar-refractivity contribution is 0.0696. The van der Waals surface area contributed by atoms with Crippen molar-refractivity contribution < 1.29 is 19.1 Å². The van der Waals surface area contributed by atoms with Gasteiger partial charge in [0.25, 0.3) is 5.91 Å². The Bertz CT molecular complexity index is 738. The van der Waals surface area contributed by atoms with E-state index < -0.39 is 17.7 Å². The first-order valence-corrected chi connectivity index (χ1v) is 6.69. The molecule has 0 saturated heterocycles. The van der Waals surface area contributed by atoms with Crippen molar-refractivity contribution in [3.8, 4) is 0 Å². The molecule has 7 heteroatoms. The topological polar surface area (TPSA) is 84.2 Å². The summed E-state index contributed by atoms with van der Waals surface area (Å²) in [6, 6.07) is 3.31. The summed E-state index contributed by atoms with van der Waals surface area (Å²) in [5.74, 6) is -2.43. The highest BCUT2D eigenvalue weighted by Crippen LogP contribution is 2.19. The molecule has 22 heavy (non-hydrogen) atoms. The number of rotatable bonds is 4. The first-order chi connectivity index (χ1) is 10.3. The van der Waals surface area contributed by atoms with E-state index in [1.807, 2.05) is 13.8 Å². The van der Waals surface area contributed by atoms with E-state index in [-0.39, 0.29) is 17.3 Å². The van der Waals surface area contributed by atoms with Gasteiger partial charge in [-0.25, -0.2) is 9.18 Å². The molecule has 0 atom stereocenters. The number of halogens is 1. The summed E-state index contributed by atoms with van der Waals surface area (Å²) in [6.07, 6.45) is 1.58. The lowest BCUT2D eigenvalue weighted by Gasteiger charge is -2.07. The number of carboxylic acids is 1. The van der Waals surface area contributed by atoms with Gasteiger partial charge in [-0.1, -0.05) is 0 Å². The molecule has 2 N–H and O–H groups in total. The standard InChI is InChI=1S/C15H16FN3O3/c1-8(2)19-7-11(9(3)18-19)14(20)17-13-6-10(15(21)22)4-5-12(13)16/h4-8H,1-3H3,(H,17,20)(H,21,22). The summed E-state index contributed by atoms with van der Waals surface area (Å²) in [5.41, 5.74) is 0.544. The third-order valence-electron chi connectivity index (χ3n) is 3.15. The van der Waals surface area contributed by atoms with Crippen LogP contribution in [0.25, 0.3) is 0 Å². The number of amides is 1. The molecule has 2 aromatic rings. The molecule has 1 amide bonds. The molecule has 1 aromatic carbocycles. The molecule has 0 aliphatic rings. The van der Waals surface area contributed by atoms with Crippen molar-refractivity contribution in [2.75, 3.05) is 5.32 Å². The Morgan fingerprint density at radius 3 is 2.59 bits per heavy atom. The molecule has 1 heterocycles. The zero-order valence-corrected chi connectivity index (χ0v) is 12.4. The summed E-state index contributed by atoms with van der Waals surface area (Å²) in [6.45, 7) is 5.52. The molecule has 0 radical (unpaired) electrons. The third-order valence-corrected chi connectivity index (χ3v) is 3.15. The summed E-state index contributed by atoms with van der Waals surface area (Å²) in [7, 11) is 0. The van der Waals surface area contributed by atoms with Crippen molar-refractivity contribution in [2.24, 2.45) is 0 Å². The molecular formula is C15H16FN3O3. The van der Waals surface area contributed by atoms with Crippen LogP contribution in [-0.4, -0.2) is 26.8 Å². The van der Waals surface area contributed by atoms with Crippen LogP contribution in [0.5, 0.6) is 0 Å². The van der Waals surface area contributed by atoms with Crippen LogP contribution in [0.3, 0.4) is 0 Å². The Balaban J connectivity index is 2.29. The minimum absolute atomic E-state index is 0.0901. The molecule has 2 rings (SSSR count). The van der Waals surface area contributed by atoms with Gasteiger partial charge in [-0.2, -0.15) is 5.10 Å². The van der Waals surface area contributed by atoms with Crippen LogP contribution in [-0.2, 0) is 0 Å². The minimum atomic E-state index is -1.20. The molecule has 0 spiro atoms. The van der Waals surface area contributed by atoms with Gasteiger partial charge in [0, 0.05) is 12.2 Å². The summed E-state index contributed by atoms with van der Waals surface area (Å²) in [4.78, 5) is 23.1. The normalized spacial score (nSPS) is 10.8. The van der Waals surface area contributed by atoms with Gasteiger partial charge in [0.05, 0.1) is 22.5 Å². The second kappa shape index (κ2) is 5.97. The number of benzene rings is 1. The number of nitrogens with one attached hydrogen (secondary N) is 1. The molecule has 1 aromatic heterocycles. The highest BCUT2D eigenvalue weighted by molar-refractivity contribution is 6.05. The van der Waals surface area contributed by atoms with E-state index in [0.717, 1.165) is 18.2 Å². The van der Waals surface area contributed by atoms with Crippen LogP contribution in [0.4, 0.5) is 10.1 Å². The zero-order valence-electron chi connectivity index (χ0n) is 12.4. The lowest BCUT2D eigenvalue weighted by Crippen LogP contribution is -2.14. The molecule has 0 aliphatic heterocycles. The van der Waals surface area contributed by atoms with Crippen molar-refractivity contribution in [3.05, 3.63) is 47.0 Å². The maximum atomic E-state index is 13.7. The van der Waals surface area contributed by atoms with Crippen molar-refractivity contribution in [3.63, 3.8) is 0 Å². The Kier molecular flexibility index (Phi) is 4.25. The van der Waals surface area contributed by atoms with Crippen LogP contribution >= 0.6 is 0 Å². The minimum Gasteiger partial charge on any atom is -0.478 e. The van der Waals surface area contributed by atoms with Gasteiger partial charge in [-0.3, -0.25) is 9.48 Å². The van der Waals surface area contributed by atoms with Crippen LogP contribution in [0.2, 0.25) is 0 Å². The molecule has 0 bridgehead atoms. The van der Waals surface area contributed by atoms with E-state index in [0.29, 0.717) is 11.3 Å². The third kappa shape index (κ3) is 3.13. The van der Waals surface area contributed by atoms with Gasteiger partial charge in [0.1, 0.15) is 5.82 Å². The van der Waals surface area contributed by atoms with Gasteiger partial charge in [-0.15, -0.1) is 0 Å². The number of aromatic carboxylic acids is 1. The number of nitrogens with zero attached hydrogens (tertiary/aromatic N) is 2. The number of aromatic nitrogens is 2. The van der Waals surface area contributed by atoms with Crippen LogP contribution < -0.4 is 5.32 Å². The maximum absolute atomic E-state index is 13.7. The Hall–Kier alpha value is -2.70. The van der Waals surface area contributed by atoms with Crippen LogP contribution in [0.15, 0.2) is 24.4 Å².